The molecular weight excluding hydrogens is 386 g/mol. The van der Waals surface area contributed by atoms with Crippen LogP contribution in [0.3, 0.4) is 0 Å². The molecule has 2 aliphatic carbocycles. The molecule has 1 saturated carbocycles. The van der Waals surface area contributed by atoms with Crippen molar-refractivity contribution in [2.75, 3.05) is 11.9 Å². The minimum absolute atomic E-state index is 0.104. The van der Waals surface area contributed by atoms with Gasteiger partial charge in [-0.1, -0.05) is 24.3 Å². The van der Waals surface area contributed by atoms with Crippen LogP contribution < -0.4 is 10.0 Å². The largest absolute Gasteiger partial charge is 0.322 e. The zero-order valence-corrected chi connectivity index (χ0v) is 17.0. The Morgan fingerprint density at radius 3 is 2.59 bits per heavy atom. The van der Waals surface area contributed by atoms with Gasteiger partial charge in [-0.05, 0) is 73.4 Å². The highest BCUT2D eigenvalue weighted by Crippen LogP contribution is 2.39. The quantitative estimate of drug-likeness (QED) is 0.811. The molecule has 0 unspecified atom stereocenters. The molecule has 0 spiro atoms. The van der Waals surface area contributed by atoms with E-state index in [-0.39, 0.29) is 23.0 Å². The maximum Gasteiger partial charge on any atom is 0.322 e. The molecule has 7 heteroatoms. The zero-order valence-electron chi connectivity index (χ0n) is 16.2. The van der Waals surface area contributed by atoms with Crippen molar-refractivity contribution in [1.82, 2.24) is 9.62 Å². The minimum Gasteiger partial charge on any atom is -0.320 e. The Bertz CT molecular complexity index is 1040. The molecule has 2 fully saturated rings. The zero-order chi connectivity index (χ0) is 20.0. The van der Waals surface area contributed by atoms with Gasteiger partial charge in [0.2, 0.25) is 10.0 Å². The summed E-state index contributed by atoms with van der Waals surface area (Å²) in [6, 6.07) is 14.1. The van der Waals surface area contributed by atoms with Crippen molar-refractivity contribution < 1.29 is 13.2 Å². The van der Waals surface area contributed by atoms with Gasteiger partial charge in [-0.25, -0.2) is 17.9 Å². The molecule has 1 heterocycles. The summed E-state index contributed by atoms with van der Waals surface area (Å²) in [5, 5.41) is 3.02. The molecule has 6 nitrogen and oxygen atoms in total. The van der Waals surface area contributed by atoms with Crippen molar-refractivity contribution in [3.63, 3.8) is 0 Å². The lowest BCUT2D eigenvalue weighted by Crippen LogP contribution is -2.52. The Morgan fingerprint density at radius 2 is 1.79 bits per heavy atom. The maximum atomic E-state index is 12.9. The molecule has 2 aromatic carbocycles. The molecule has 0 radical (unpaired) electrons. The van der Waals surface area contributed by atoms with Crippen LogP contribution >= 0.6 is 0 Å². The fourth-order valence-corrected chi connectivity index (χ4v) is 6.40. The predicted octanol–water partition coefficient (Wildman–Crippen LogP) is 3.15. The number of urea groups is 1. The first kappa shape index (κ1) is 18.6. The molecule has 1 saturated heterocycles. The van der Waals surface area contributed by atoms with Crippen LogP contribution in [0.4, 0.5) is 10.5 Å². The van der Waals surface area contributed by atoms with E-state index in [9.17, 15) is 13.2 Å². The fraction of sp³-hybridized carbons (Fsp3) is 0.409. The van der Waals surface area contributed by atoms with Crippen molar-refractivity contribution in [2.24, 2.45) is 5.92 Å². The van der Waals surface area contributed by atoms with Crippen LogP contribution in [0, 0.1) is 5.92 Å². The van der Waals surface area contributed by atoms with Gasteiger partial charge in [0.05, 0.1) is 10.9 Å². The van der Waals surface area contributed by atoms with Crippen LogP contribution in [-0.2, 0) is 22.9 Å². The number of fused-ring (bicyclic) bond motifs is 3. The number of carbonyl (C=O) groups is 1. The number of aryl methyl sites for hydroxylation is 2. The average Bonchev–Trinajstić information content (AvgIpc) is 3.43. The van der Waals surface area contributed by atoms with E-state index in [1.54, 1.807) is 35.2 Å². The number of anilines is 1. The standard InChI is InChI=1S/C22H25N3O3S/c26-22(23-18-10-9-16-5-4-6-17(16)13-18)25-14-15-11-20(21(25)12-15)24-29(27,28)19-7-2-1-3-8-19/h1-3,7-10,13,15,20-21,24H,4-6,11-12,14H2,(H,23,26)/t15-,20+,21-/m1/s1. The SMILES string of the molecule is O=C(Nc1ccc2c(c1)CCC2)N1C[C@@H]2C[C@H](NS(=O)(=O)c3ccccc3)[C@H]1C2. The first-order valence-electron chi connectivity index (χ1n) is 10.3. The van der Waals surface area contributed by atoms with E-state index < -0.39 is 10.0 Å². The maximum absolute atomic E-state index is 12.9. The van der Waals surface area contributed by atoms with Gasteiger partial charge >= 0.3 is 6.03 Å². The smallest absolute Gasteiger partial charge is 0.320 e. The number of carbonyl (C=O) groups excluding carboxylic acids is 1. The molecule has 1 aliphatic heterocycles. The van der Waals surface area contributed by atoms with Gasteiger partial charge < -0.3 is 10.2 Å². The van der Waals surface area contributed by atoms with Crippen molar-refractivity contribution >= 4 is 21.7 Å². The Labute approximate surface area is 171 Å². The second-order valence-electron chi connectivity index (χ2n) is 8.37. The summed E-state index contributed by atoms with van der Waals surface area (Å²) in [7, 11) is -3.59. The summed E-state index contributed by atoms with van der Waals surface area (Å²) in [5.74, 6) is 0.342. The summed E-state index contributed by atoms with van der Waals surface area (Å²) in [6.45, 7) is 0.686. The summed E-state index contributed by atoms with van der Waals surface area (Å²) < 4.78 is 28.3. The highest BCUT2D eigenvalue weighted by molar-refractivity contribution is 7.89. The number of nitrogens with one attached hydrogen (secondary N) is 2. The van der Waals surface area contributed by atoms with Crippen molar-refractivity contribution in [3.8, 4) is 0 Å². The molecule has 29 heavy (non-hydrogen) atoms. The van der Waals surface area contributed by atoms with Gasteiger partial charge in [0.1, 0.15) is 0 Å². The highest BCUT2D eigenvalue weighted by atomic mass is 32.2. The highest BCUT2D eigenvalue weighted by Gasteiger charge is 2.48. The van der Waals surface area contributed by atoms with Gasteiger partial charge in [0, 0.05) is 18.3 Å². The van der Waals surface area contributed by atoms with E-state index >= 15 is 0 Å². The summed E-state index contributed by atoms with van der Waals surface area (Å²) >= 11 is 0. The minimum atomic E-state index is -3.59. The van der Waals surface area contributed by atoms with Gasteiger partial charge in [-0.15, -0.1) is 0 Å². The Balaban J connectivity index is 1.28. The van der Waals surface area contributed by atoms with Gasteiger partial charge in [0.15, 0.2) is 0 Å². The second-order valence-corrected chi connectivity index (χ2v) is 10.1. The summed E-state index contributed by atoms with van der Waals surface area (Å²) in [5.41, 5.74) is 3.51. The molecule has 2 amide bonds. The van der Waals surface area contributed by atoms with Crippen molar-refractivity contribution in [3.05, 3.63) is 59.7 Å². The predicted molar refractivity (Wildman–Crippen MR) is 111 cm³/mol. The van der Waals surface area contributed by atoms with Crippen LogP contribution in [0.1, 0.15) is 30.4 Å². The fourth-order valence-electron chi connectivity index (χ4n) is 5.10. The molecule has 3 atom stereocenters. The van der Waals surface area contributed by atoms with E-state index in [0.717, 1.165) is 31.4 Å². The van der Waals surface area contributed by atoms with Crippen LogP contribution in [-0.4, -0.2) is 38.0 Å². The number of amides is 2. The number of nitrogens with zero attached hydrogens (tertiary/aromatic N) is 1. The number of rotatable bonds is 4. The molecule has 2 N–H and O–H groups in total. The summed E-state index contributed by atoms with van der Waals surface area (Å²) in [4.78, 5) is 15.0. The third-order valence-electron chi connectivity index (χ3n) is 6.45. The first-order valence-corrected chi connectivity index (χ1v) is 11.7. The van der Waals surface area contributed by atoms with Crippen LogP contribution in [0.25, 0.3) is 0 Å². The number of piperidine rings is 1. The Kier molecular flexibility index (Phi) is 4.59. The number of hydrogen-bond donors (Lipinski definition) is 2. The normalized spacial score (nSPS) is 25.2. The van der Waals surface area contributed by atoms with E-state index in [4.69, 9.17) is 0 Å². The van der Waals surface area contributed by atoms with E-state index in [0.29, 0.717) is 12.5 Å². The van der Waals surface area contributed by atoms with Crippen molar-refractivity contribution in [1.29, 1.82) is 0 Å². The average molecular weight is 412 g/mol. The Hall–Kier alpha value is -2.38. The van der Waals surface area contributed by atoms with Gasteiger partial charge in [-0.2, -0.15) is 0 Å². The van der Waals surface area contributed by atoms with Crippen LogP contribution in [0.15, 0.2) is 53.4 Å². The Morgan fingerprint density at radius 1 is 1.00 bits per heavy atom. The van der Waals surface area contributed by atoms with E-state index in [1.807, 2.05) is 6.07 Å². The van der Waals surface area contributed by atoms with Crippen LogP contribution in [0.5, 0.6) is 0 Å². The molecule has 2 bridgehead atoms. The lowest BCUT2D eigenvalue weighted by Gasteiger charge is -2.33. The van der Waals surface area contributed by atoms with Gasteiger partial charge in [-0.3, -0.25) is 0 Å². The van der Waals surface area contributed by atoms with Crippen LogP contribution in [0.2, 0.25) is 0 Å². The number of hydrogen-bond acceptors (Lipinski definition) is 3. The first-order chi connectivity index (χ1) is 14.0. The van der Waals surface area contributed by atoms with E-state index in [1.165, 1.54) is 17.5 Å². The number of likely N-dealkylation sites (tertiary alicyclic amines) is 1. The molecule has 2 aromatic rings. The third-order valence-corrected chi connectivity index (χ3v) is 7.96. The third kappa shape index (κ3) is 3.53. The molecular formula is C22H25N3O3S. The molecule has 0 aromatic heterocycles. The van der Waals surface area contributed by atoms with Crippen molar-refractivity contribution in [2.45, 2.75) is 49.1 Å². The summed E-state index contributed by atoms with van der Waals surface area (Å²) in [6.07, 6.45) is 4.98. The topological polar surface area (TPSA) is 78.5 Å². The molecule has 3 aliphatic rings. The molecule has 152 valence electrons. The van der Waals surface area contributed by atoms with E-state index in [2.05, 4.69) is 22.2 Å². The number of benzene rings is 2. The lowest BCUT2D eigenvalue weighted by molar-refractivity contribution is 0.183. The monoisotopic (exact) mass is 411 g/mol. The number of sulfonamides is 1. The van der Waals surface area contributed by atoms with Gasteiger partial charge in [0.25, 0.3) is 0 Å². The molecule has 5 rings (SSSR count). The second kappa shape index (κ2) is 7.15. The lowest BCUT2D eigenvalue weighted by atomic mass is 10.1.